The lowest BCUT2D eigenvalue weighted by atomic mass is 10.1. The smallest absolute Gasteiger partial charge is 0.0534 e. The van der Waals surface area contributed by atoms with Gasteiger partial charge < -0.3 is 0 Å². The molecule has 2 unspecified atom stereocenters. The molecule has 0 radical (unpaired) electrons. The van der Waals surface area contributed by atoms with Crippen molar-refractivity contribution in [1.82, 2.24) is 0 Å². The van der Waals surface area contributed by atoms with Crippen LogP contribution in [-0.2, 0) is 0 Å². The van der Waals surface area contributed by atoms with E-state index in [1.165, 1.54) is 0 Å². The van der Waals surface area contributed by atoms with Gasteiger partial charge >= 0.3 is 0 Å². The predicted octanol–water partition coefficient (Wildman–Crippen LogP) is 3.97. The van der Waals surface area contributed by atoms with Crippen LogP contribution in [0.2, 0.25) is 0 Å². The fraction of sp³-hybridized carbons (Fsp3) is 0.778. The van der Waals surface area contributed by atoms with Crippen LogP contribution in [0, 0.1) is 0 Å². The molecule has 0 saturated carbocycles. The monoisotopic (exact) mass is 194 g/mol. The summed E-state index contributed by atoms with van der Waals surface area (Å²) in [5.41, 5.74) is 0. The summed E-state index contributed by atoms with van der Waals surface area (Å²) in [6.07, 6.45) is 7.06. The number of rotatable bonds is 5. The van der Waals surface area contributed by atoms with Crippen molar-refractivity contribution < 1.29 is 0 Å². The van der Waals surface area contributed by atoms with Crippen molar-refractivity contribution >= 4 is 23.2 Å². The van der Waals surface area contributed by atoms with Crippen LogP contribution in [0.25, 0.3) is 0 Å². The molecule has 0 aliphatic carbocycles. The Morgan fingerprint density at radius 1 is 1.27 bits per heavy atom. The second kappa shape index (κ2) is 7.00. The van der Waals surface area contributed by atoms with Gasteiger partial charge in [-0.1, -0.05) is 25.5 Å². The van der Waals surface area contributed by atoms with E-state index in [9.17, 15) is 0 Å². The van der Waals surface area contributed by atoms with Gasteiger partial charge in [-0.2, -0.15) is 0 Å². The van der Waals surface area contributed by atoms with Crippen LogP contribution < -0.4 is 0 Å². The van der Waals surface area contributed by atoms with Crippen molar-refractivity contribution in [3.05, 3.63) is 12.2 Å². The first kappa shape index (κ1) is 11.3. The lowest BCUT2D eigenvalue weighted by Gasteiger charge is -2.12. The molecule has 0 fully saturated rings. The van der Waals surface area contributed by atoms with Crippen molar-refractivity contribution in [2.45, 2.75) is 43.9 Å². The predicted molar refractivity (Wildman–Crippen MR) is 53.6 cm³/mol. The van der Waals surface area contributed by atoms with Gasteiger partial charge in [0, 0.05) is 0 Å². The highest BCUT2D eigenvalue weighted by Gasteiger charge is 2.13. The second-order valence-corrected chi connectivity index (χ2v) is 3.75. The highest BCUT2D eigenvalue weighted by atomic mass is 35.5. The second-order valence-electron chi connectivity index (χ2n) is 2.63. The zero-order valence-electron chi connectivity index (χ0n) is 7.19. The van der Waals surface area contributed by atoms with Crippen molar-refractivity contribution in [1.29, 1.82) is 0 Å². The molecule has 0 bridgehead atoms. The lowest BCUT2D eigenvalue weighted by molar-refractivity contribution is 0.690. The average molecular weight is 195 g/mol. The summed E-state index contributed by atoms with van der Waals surface area (Å²) in [6, 6.07) is 0. The first-order valence-corrected chi connectivity index (χ1v) is 4.99. The van der Waals surface area contributed by atoms with Gasteiger partial charge in [-0.05, 0) is 19.8 Å². The molecular weight excluding hydrogens is 179 g/mol. The largest absolute Gasteiger partial charge is 0.121 e. The molecule has 0 aromatic carbocycles. The third-order valence-electron chi connectivity index (χ3n) is 1.55. The molecule has 0 aromatic rings. The SMILES string of the molecule is CC=CCC(Cl)C(Cl)CCC. The van der Waals surface area contributed by atoms with Gasteiger partial charge in [-0.15, -0.1) is 23.2 Å². The Hall–Kier alpha value is 0.320. The number of hydrogen-bond acceptors (Lipinski definition) is 0. The first-order valence-electron chi connectivity index (χ1n) is 4.11. The Labute approximate surface area is 79.6 Å². The molecule has 0 heterocycles. The molecule has 0 saturated heterocycles. The Balaban J connectivity index is 3.54. The topological polar surface area (TPSA) is 0 Å². The molecule has 2 atom stereocenters. The van der Waals surface area contributed by atoms with E-state index in [0.29, 0.717) is 0 Å². The molecule has 0 spiro atoms. The maximum atomic E-state index is 6.01. The molecule has 0 rings (SSSR count). The van der Waals surface area contributed by atoms with E-state index >= 15 is 0 Å². The fourth-order valence-corrected chi connectivity index (χ4v) is 1.42. The van der Waals surface area contributed by atoms with E-state index in [0.717, 1.165) is 19.3 Å². The Bertz CT molecular complexity index is 110. The Morgan fingerprint density at radius 3 is 2.36 bits per heavy atom. The number of hydrogen-bond donors (Lipinski definition) is 0. The Morgan fingerprint density at radius 2 is 1.91 bits per heavy atom. The van der Waals surface area contributed by atoms with Gasteiger partial charge in [0.2, 0.25) is 0 Å². The van der Waals surface area contributed by atoms with E-state index in [2.05, 4.69) is 13.0 Å². The molecule has 11 heavy (non-hydrogen) atoms. The van der Waals surface area contributed by atoms with E-state index in [1.54, 1.807) is 0 Å². The minimum atomic E-state index is 0.0906. The zero-order valence-corrected chi connectivity index (χ0v) is 8.70. The van der Waals surface area contributed by atoms with Gasteiger partial charge in [0.25, 0.3) is 0 Å². The summed E-state index contributed by atoms with van der Waals surface area (Å²) in [5.74, 6) is 0. The van der Waals surface area contributed by atoms with Crippen LogP contribution in [0.5, 0.6) is 0 Å². The van der Waals surface area contributed by atoms with Crippen molar-refractivity contribution in [2.24, 2.45) is 0 Å². The summed E-state index contributed by atoms with van der Waals surface area (Å²) < 4.78 is 0. The van der Waals surface area contributed by atoms with Gasteiger partial charge in [0.15, 0.2) is 0 Å². The number of halogens is 2. The molecule has 0 aliphatic heterocycles. The van der Waals surface area contributed by atoms with E-state index < -0.39 is 0 Å². The molecule has 0 nitrogen and oxygen atoms in total. The highest BCUT2D eigenvalue weighted by Crippen LogP contribution is 2.18. The first-order chi connectivity index (χ1) is 5.22. The molecule has 2 heteroatoms. The molecule has 0 aliphatic rings. The van der Waals surface area contributed by atoms with E-state index in [4.69, 9.17) is 23.2 Å². The van der Waals surface area contributed by atoms with Crippen LogP contribution in [0.3, 0.4) is 0 Å². The zero-order chi connectivity index (χ0) is 8.69. The van der Waals surface area contributed by atoms with Crippen LogP contribution in [0.4, 0.5) is 0 Å². The minimum Gasteiger partial charge on any atom is -0.121 e. The van der Waals surface area contributed by atoms with E-state index in [-0.39, 0.29) is 10.8 Å². The fourth-order valence-electron chi connectivity index (χ4n) is 0.870. The summed E-state index contributed by atoms with van der Waals surface area (Å²) in [5, 5.41) is 0.214. The third kappa shape index (κ3) is 5.57. The van der Waals surface area contributed by atoms with Gasteiger partial charge in [0.05, 0.1) is 10.8 Å². The van der Waals surface area contributed by atoms with Crippen molar-refractivity contribution in [2.75, 3.05) is 0 Å². The Kier molecular flexibility index (Phi) is 7.20. The van der Waals surface area contributed by atoms with Crippen LogP contribution in [0.1, 0.15) is 33.1 Å². The molecule has 66 valence electrons. The quantitative estimate of drug-likeness (QED) is 0.460. The summed E-state index contributed by atoms with van der Waals surface area (Å²) in [4.78, 5) is 0. The number of alkyl halides is 2. The molecule has 0 amide bonds. The summed E-state index contributed by atoms with van der Waals surface area (Å²) >= 11 is 12.0. The van der Waals surface area contributed by atoms with Crippen molar-refractivity contribution in [3.8, 4) is 0 Å². The van der Waals surface area contributed by atoms with Crippen LogP contribution in [0.15, 0.2) is 12.2 Å². The molecule has 0 aromatic heterocycles. The molecular formula is C9H16Cl2. The minimum absolute atomic E-state index is 0.0906. The summed E-state index contributed by atoms with van der Waals surface area (Å²) in [7, 11) is 0. The number of allylic oxidation sites excluding steroid dienone is 2. The summed E-state index contributed by atoms with van der Waals surface area (Å²) in [6.45, 7) is 4.11. The standard InChI is InChI=1S/C9H16Cl2/c1-3-5-7-9(11)8(10)6-4-2/h3,5,8-9H,4,6-7H2,1-2H3. The highest BCUT2D eigenvalue weighted by molar-refractivity contribution is 6.30. The third-order valence-corrected chi connectivity index (χ3v) is 2.69. The molecule has 0 N–H and O–H groups in total. The lowest BCUT2D eigenvalue weighted by Crippen LogP contribution is -2.13. The van der Waals surface area contributed by atoms with Crippen LogP contribution >= 0.6 is 23.2 Å². The van der Waals surface area contributed by atoms with Gasteiger partial charge in [0.1, 0.15) is 0 Å². The average Bonchev–Trinajstić information content (AvgIpc) is 2.00. The maximum absolute atomic E-state index is 6.01. The van der Waals surface area contributed by atoms with Gasteiger partial charge in [-0.3, -0.25) is 0 Å². The maximum Gasteiger partial charge on any atom is 0.0534 e. The van der Waals surface area contributed by atoms with E-state index in [1.807, 2.05) is 13.0 Å². The van der Waals surface area contributed by atoms with Gasteiger partial charge in [-0.25, -0.2) is 0 Å². The van der Waals surface area contributed by atoms with Crippen molar-refractivity contribution in [3.63, 3.8) is 0 Å². The normalized spacial score (nSPS) is 17.1. The van der Waals surface area contributed by atoms with Crippen LogP contribution in [-0.4, -0.2) is 10.8 Å².